The van der Waals surface area contributed by atoms with Crippen molar-refractivity contribution in [3.63, 3.8) is 0 Å². The molecule has 0 bridgehead atoms. The van der Waals surface area contributed by atoms with E-state index < -0.39 is 0 Å². The van der Waals surface area contributed by atoms with Crippen molar-refractivity contribution >= 4 is 52.4 Å². The molecule has 1 atom stereocenters. The molecule has 2 aromatic rings. The van der Waals surface area contributed by atoms with E-state index in [1.54, 1.807) is 11.9 Å². The minimum Gasteiger partial charge on any atom is -0.366 e. The van der Waals surface area contributed by atoms with Crippen molar-refractivity contribution in [1.82, 2.24) is 4.31 Å². The molecule has 0 aromatic heterocycles. The van der Waals surface area contributed by atoms with Crippen LogP contribution in [0.5, 0.6) is 0 Å². The molecule has 36 heavy (non-hydrogen) atoms. The van der Waals surface area contributed by atoms with Crippen molar-refractivity contribution < 1.29 is 0 Å². The highest BCUT2D eigenvalue weighted by molar-refractivity contribution is 8.01. The molecule has 0 saturated carbocycles. The van der Waals surface area contributed by atoms with Crippen LogP contribution in [-0.4, -0.2) is 30.3 Å². The van der Waals surface area contributed by atoms with Crippen molar-refractivity contribution in [3.8, 4) is 0 Å². The second kappa shape index (κ2) is 17.4. The Morgan fingerprint density at radius 3 is 2.36 bits per heavy atom. The molecule has 0 saturated heterocycles. The van der Waals surface area contributed by atoms with Gasteiger partial charge in [0.25, 0.3) is 0 Å². The number of benzene rings is 2. The molecule has 1 aliphatic rings. The molecule has 0 spiro atoms. The molecule has 6 heteroatoms. The number of anilines is 1. The molecular formula is C30H43Cl3N2S. The second-order valence-electron chi connectivity index (χ2n) is 8.64. The summed E-state index contributed by atoms with van der Waals surface area (Å²) in [6.07, 6.45) is 8.46. The average molecular weight is 570 g/mol. The number of alkyl halides is 1. The fraction of sp³-hybridized carbons (Fsp3) is 0.467. The van der Waals surface area contributed by atoms with Crippen molar-refractivity contribution in [2.75, 3.05) is 30.9 Å². The van der Waals surface area contributed by atoms with Crippen LogP contribution in [-0.2, 0) is 12.0 Å². The monoisotopic (exact) mass is 568 g/mol. The van der Waals surface area contributed by atoms with Crippen LogP contribution in [0.15, 0.2) is 65.6 Å². The molecule has 3 rings (SSSR count). The number of para-hydroxylation sites is 1. The van der Waals surface area contributed by atoms with E-state index in [4.69, 9.17) is 34.8 Å². The van der Waals surface area contributed by atoms with Crippen molar-refractivity contribution in [2.24, 2.45) is 0 Å². The van der Waals surface area contributed by atoms with E-state index in [1.165, 1.54) is 21.7 Å². The normalized spacial score (nSPS) is 17.0. The molecule has 1 aliphatic heterocycles. The summed E-state index contributed by atoms with van der Waals surface area (Å²) in [7, 11) is 2.09. The summed E-state index contributed by atoms with van der Waals surface area (Å²) >= 11 is 19.5. The van der Waals surface area contributed by atoms with Gasteiger partial charge in [0.15, 0.2) is 0 Å². The van der Waals surface area contributed by atoms with E-state index in [0.29, 0.717) is 15.9 Å². The Bertz CT molecular complexity index is 976. The van der Waals surface area contributed by atoms with E-state index >= 15 is 0 Å². The number of halogens is 3. The van der Waals surface area contributed by atoms with Gasteiger partial charge < -0.3 is 4.90 Å². The zero-order chi connectivity index (χ0) is 27.1. The Hall–Kier alpha value is -1.10. The molecule has 1 unspecified atom stereocenters. The van der Waals surface area contributed by atoms with Gasteiger partial charge in [-0.3, -0.25) is 0 Å². The molecule has 1 heterocycles. The largest absolute Gasteiger partial charge is 0.366 e. The maximum Gasteiger partial charge on any atom is 0.0595 e. The van der Waals surface area contributed by atoms with Gasteiger partial charge in [0.05, 0.1) is 10.0 Å². The van der Waals surface area contributed by atoms with Crippen molar-refractivity contribution in [2.45, 2.75) is 66.3 Å². The van der Waals surface area contributed by atoms with Crippen LogP contribution in [0.3, 0.4) is 0 Å². The first kappa shape index (κ1) is 32.9. The van der Waals surface area contributed by atoms with E-state index in [1.807, 2.05) is 32.1 Å². The van der Waals surface area contributed by atoms with Crippen LogP contribution in [0.25, 0.3) is 0 Å². The van der Waals surface area contributed by atoms with Crippen LogP contribution in [0.2, 0.25) is 10.0 Å². The van der Waals surface area contributed by atoms with Crippen LogP contribution in [0, 0.1) is 0 Å². The zero-order valence-corrected chi connectivity index (χ0v) is 26.0. The van der Waals surface area contributed by atoms with E-state index in [0.717, 1.165) is 32.5 Å². The summed E-state index contributed by atoms with van der Waals surface area (Å²) in [6.45, 7) is 15.8. The zero-order valence-electron chi connectivity index (χ0n) is 23.0. The van der Waals surface area contributed by atoms with Crippen molar-refractivity contribution in [1.29, 1.82) is 0 Å². The fourth-order valence-electron chi connectivity index (χ4n) is 3.90. The Morgan fingerprint density at radius 2 is 1.78 bits per heavy atom. The summed E-state index contributed by atoms with van der Waals surface area (Å²) in [6, 6.07) is 14.6. The molecule has 0 amide bonds. The topological polar surface area (TPSA) is 6.48 Å². The lowest BCUT2D eigenvalue weighted by atomic mass is 9.82. The summed E-state index contributed by atoms with van der Waals surface area (Å²) in [4.78, 5) is 3.71. The number of fused-ring (bicyclic) bond motifs is 1. The quantitative estimate of drug-likeness (QED) is 0.168. The van der Waals surface area contributed by atoms with Gasteiger partial charge in [-0.05, 0) is 61.2 Å². The first-order chi connectivity index (χ1) is 17.3. The van der Waals surface area contributed by atoms with Crippen LogP contribution in [0.1, 0.15) is 65.5 Å². The third-order valence-electron chi connectivity index (χ3n) is 6.06. The van der Waals surface area contributed by atoms with E-state index in [9.17, 15) is 0 Å². The van der Waals surface area contributed by atoms with Gasteiger partial charge in [0, 0.05) is 41.5 Å². The fourth-order valence-corrected chi connectivity index (χ4v) is 5.19. The number of allylic oxidation sites excluding steroid dienone is 3. The van der Waals surface area contributed by atoms with Gasteiger partial charge >= 0.3 is 0 Å². The molecular weight excluding hydrogens is 527 g/mol. The van der Waals surface area contributed by atoms with Gasteiger partial charge in [0.1, 0.15) is 0 Å². The van der Waals surface area contributed by atoms with E-state index in [-0.39, 0.29) is 5.41 Å². The third kappa shape index (κ3) is 9.99. The number of nitrogens with zero attached hydrogens (tertiary/aromatic N) is 2. The average Bonchev–Trinajstić information content (AvgIpc) is 3.18. The minimum absolute atomic E-state index is 0.229. The maximum atomic E-state index is 6.13. The second-order valence-corrected chi connectivity index (χ2v) is 11.0. The smallest absolute Gasteiger partial charge is 0.0595 e. The van der Waals surface area contributed by atoms with Gasteiger partial charge in [-0.25, -0.2) is 4.31 Å². The van der Waals surface area contributed by atoms with Crippen LogP contribution < -0.4 is 4.90 Å². The number of rotatable bonds is 9. The first-order valence-electron chi connectivity index (χ1n) is 12.9. The Balaban J connectivity index is 0.000000375. The first-order valence-corrected chi connectivity index (χ1v) is 14.9. The lowest BCUT2D eigenvalue weighted by molar-refractivity contribution is 0.479. The molecule has 2 nitrogen and oxygen atoms in total. The highest BCUT2D eigenvalue weighted by atomic mass is 35.5. The third-order valence-corrected chi connectivity index (χ3v) is 8.06. The summed E-state index contributed by atoms with van der Waals surface area (Å²) in [5.41, 5.74) is 4.22. The number of hydrogen-bond acceptors (Lipinski definition) is 3. The minimum atomic E-state index is 0.229. The van der Waals surface area contributed by atoms with Gasteiger partial charge in [-0.1, -0.05) is 107 Å². The lowest BCUT2D eigenvalue weighted by Gasteiger charge is -2.25. The van der Waals surface area contributed by atoms with E-state index in [2.05, 4.69) is 86.4 Å². The van der Waals surface area contributed by atoms with Gasteiger partial charge in [0.2, 0.25) is 0 Å². The van der Waals surface area contributed by atoms with Crippen LogP contribution >= 0.6 is 46.8 Å². The summed E-state index contributed by atoms with van der Waals surface area (Å²) in [5, 5.41) is 1.24. The highest BCUT2D eigenvalue weighted by Crippen LogP contribution is 2.43. The molecule has 2 aromatic carbocycles. The Kier molecular flexibility index (Phi) is 15.9. The van der Waals surface area contributed by atoms with Crippen LogP contribution in [0.4, 0.5) is 5.69 Å². The molecule has 0 N–H and O–H groups in total. The number of hydrogen-bond donors (Lipinski definition) is 0. The molecule has 0 fully saturated rings. The summed E-state index contributed by atoms with van der Waals surface area (Å²) in [5.74, 6) is 0.581. The molecule has 200 valence electrons. The SMILES string of the molecule is CC.CC/C=C(\C=C/CCl)SN(C)CC.CCC1(C)CN(Cc2ccc(Cl)c(Cl)c2)c2ccccc21. The molecule has 0 radical (unpaired) electrons. The Morgan fingerprint density at radius 1 is 1.08 bits per heavy atom. The Labute approximate surface area is 239 Å². The van der Waals surface area contributed by atoms with Crippen molar-refractivity contribution in [3.05, 3.63) is 86.8 Å². The predicted molar refractivity (Wildman–Crippen MR) is 167 cm³/mol. The standard InChI is InChI=1S/C18H19Cl2N.C10H18ClNS.C2H6/c1-3-18(2)12-21(17-7-5-4-6-14(17)18)11-13-8-9-15(19)16(20)10-13;1-4-7-10(8-6-9-11)13-12(3)5-2;1-2/h4-10H,3,11-12H2,1-2H3;6-8H,4-5,9H2,1-3H3;1-2H3/b;8-6-,10-7+;. The highest BCUT2D eigenvalue weighted by Gasteiger charge is 2.36. The predicted octanol–water partition coefficient (Wildman–Crippen LogP) is 10.4. The molecule has 0 aliphatic carbocycles. The van der Waals surface area contributed by atoms with Gasteiger partial charge in [-0.2, -0.15) is 0 Å². The maximum absolute atomic E-state index is 6.13. The van der Waals surface area contributed by atoms with Gasteiger partial charge in [-0.15, -0.1) is 11.6 Å². The summed E-state index contributed by atoms with van der Waals surface area (Å²) < 4.78 is 2.19. The lowest BCUT2D eigenvalue weighted by Crippen LogP contribution is -2.30.